The minimum atomic E-state index is -3.11. The van der Waals surface area contributed by atoms with Crippen LogP contribution >= 0.6 is 0 Å². The highest BCUT2D eigenvalue weighted by Crippen LogP contribution is 2.15. The number of sulfone groups is 1. The van der Waals surface area contributed by atoms with Crippen molar-refractivity contribution in [2.75, 3.05) is 31.9 Å². The van der Waals surface area contributed by atoms with E-state index >= 15 is 0 Å². The van der Waals surface area contributed by atoms with Crippen LogP contribution in [0.1, 0.15) is 34.6 Å². The molecule has 0 aromatic rings. The first kappa shape index (κ1) is 17.4. The van der Waals surface area contributed by atoms with E-state index in [1.54, 1.807) is 25.7 Å². The van der Waals surface area contributed by atoms with Crippen LogP contribution in [0.3, 0.4) is 0 Å². The van der Waals surface area contributed by atoms with Gasteiger partial charge in [0.1, 0.15) is 0 Å². The number of carbonyl (C=O) groups excluding carboxylic acids is 1. The Bertz CT molecular complexity index is 354. The molecule has 0 saturated heterocycles. The molecule has 5 nitrogen and oxygen atoms in total. The lowest BCUT2D eigenvalue weighted by Gasteiger charge is -2.20. The van der Waals surface area contributed by atoms with Crippen LogP contribution in [-0.2, 0) is 14.6 Å². The molecular formula is C12H26N2O3S. The first-order valence-corrected chi connectivity index (χ1v) is 8.01. The summed E-state index contributed by atoms with van der Waals surface area (Å²) in [6, 6.07) is 0. The Morgan fingerprint density at radius 3 is 2.06 bits per heavy atom. The van der Waals surface area contributed by atoms with Crippen molar-refractivity contribution in [3.63, 3.8) is 0 Å². The van der Waals surface area contributed by atoms with Crippen molar-refractivity contribution in [1.29, 1.82) is 0 Å². The maximum atomic E-state index is 11.8. The minimum absolute atomic E-state index is 0.00755. The van der Waals surface area contributed by atoms with Crippen molar-refractivity contribution in [2.45, 2.75) is 39.4 Å². The summed E-state index contributed by atoms with van der Waals surface area (Å²) >= 11 is 0. The van der Waals surface area contributed by atoms with Crippen molar-refractivity contribution >= 4 is 15.7 Å². The van der Waals surface area contributed by atoms with Gasteiger partial charge in [0.15, 0.2) is 9.84 Å². The zero-order chi connectivity index (χ0) is 14.4. The predicted octanol–water partition coefficient (Wildman–Crippen LogP) is 0.658. The van der Waals surface area contributed by atoms with Gasteiger partial charge in [0.2, 0.25) is 5.91 Å². The van der Waals surface area contributed by atoms with E-state index in [4.69, 9.17) is 0 Å². The van der Waals surface area contributed by atoms with E-state index < -0.39 is 14.6 Å². The molecule has 0 atom stereocenters. The van der Waals surface area contributed by atoms with Crippen LogP contribution in [0.15, 0.2) is 0 Å². The van der Waals surface area contributed by atoms with Crippen molar-refractivity contribution < 1.29 is 13.2 Å². The van der Waals surface area contributed by atoms with Gasteiger partial charge in [-0.3, -0.25) is 4.79 Å². The molecule has 1 N–H and O–H groups in total. The summed E-state index contributed by atoms with van der Waals surface area (Å²) in [5.41, 5.74) is 0. The fourth-order valence-electron chi connectivity index (χ4n) is 1.40. The third-order valence-corrected chi connectivity index (χ3v) is 5.48. The van der Waals surface area contributed by atoms with E-state index in [9.17, 15) is 13.2 Å². The number of likely N-dealkylation sites (N-methyl/N-ethyl adjacent to an activating group) is 1. The Morgan fingerprint density at radius 2 is 1.67 bits per heavy atom. The quantitative estimate of drug-likeness (QED) is 0.695. The van der Waals surface area contributed by atoms with Crippen LogP contribution < -0.4 is 5.32 Å². The number of nitrogens with zero attached hydrogens (tertiary/aromatic N) is 1. The molecule has 0 fully saturated rings. The van der Waals surface area contributed by atoms with E-state index in [1.807, 2.05) is 13.8 Å². The van der Waals surface area contributed by atoms with Gasteiger partial charge in [0.25, 0.3) is 0 Å². The Hall–Kier alpha value is -0.620. The lowest BCUT2D eigenvalue weighted by Crippen LogP contribution is -2.40. The monoisotopic (exact) mass is 278 g/mol. The molecule has 0 aliphatic carbocycles. The van der Waals surface area contributed by atoms with Crippen LogP contribution in [-0.4, -0.2) is 55.9 Å². The SMILES string of the molecule is CCN(CC)C(=O)CNCCS(=O)(=O)C(C)(C)C. The third-order valence-electron chi connectivity index (χ3n) is 2.87. The van der Waals surface area contributed by atoms with E-state index in [2.05, 4.69) is 5.32 Å². The van der Waals surface area contributed by atoms with Gasteiger partial charge in [0.05, 0.1) is 17.0 Å². The summed E-state index contributed by atoms with van der Waals surface area (Å²) in [5, 5.41) is 2.89. The molecule has 0 bridgehead atoms. The van der Waals surface area contributed by atoms with Gasteiger partial charge in [-0.25, -0.2) is 8.42 Å². The average molecular weight is 278 g/mol. The van der Waals surface area contributed by atoms with Gasteiger partial charge < -0.3 is 10.2 Å². The van der Waals surface area contributed by atoms with Gasteiger partial charge in [-0.1, -0.05) is 0 Å². The van der Waals surface area contributed by atoms with E-state index in [0.717, 1.165) is 0 Å². The molecule has 0 aliphatic heterocycles. The second kappa shape index (κ2) is 7.09. The first-order valence-electron chi connectivity index (χ1n) is 6.36. The Kier molecular flexibility index (Phi) is 6.84. The summed E-state index contributed by atoms with van der Waals surface area (Å²) < 4.78 is 22.9. The van der Waals surface area contributed by atoms with Crippen LogP contribution in [0.4, 0.5) is 0 Å². The maximum absolute atomic E-state index is 11.8. The van der Waals surface area contributed by atoms with Crippen molar-refractivity contribution in [1.82, 2.24) is 10.2 Å². The normalized spacial score (nSPS) is 12.5. The largest absolute Gasteiger partial charge is 0.342 e. The number of hydrogen-bond donors (Lipinski definition) is 1. The maximum Gasteiger partial charge on any atom is 0.236 e. The van der Waals surface area contributed by atoms with Crippen LogP contribution in [0, 0.1) is 0 Å². The Labute approximate surface area is 111 Å². The van der Waals surface area contributed by atoms with Gasteiger partial charge >= 0.3 is 0 Å². The van der Waals surface area contributed by atoms with E-state index in [1.165, 1.54) is 0 Å². The third kappa shape index (κ3) is 5.35. The van der Waals surface area contributed by atoms with Crippen molar-refractivity contribution in [2.24, 2.45) is 0 Å². The first-order chi connectivity index (χ1) is 8.15. The number of nitrogens with one attached hydrogen (secondary N) is 1. The number of carbonyl (C=O) groups is 1. The Balaban J connectivity index is 4.06. The average Bonchev–Trinajstić information content (AvgIpc) is 2.24. The van der Waals surface area contributed by atoms with E-state index in [-0.39, 0.29) is 18.2 Å². The van der Waals surface area contributed by atoms with Crippen molar-refractivity contribution in [3.05, 3.63) is 0 Å². The molecule has 108 valence electrons. The van der Waals surface area contributed by atoms with Gasteiger partial charge in [-0.05, 0) is 34.6 Å². The molecule has 1 amide bonds. The zero-order valence-electron chi connectivity index (χ0n) is 12.1. The lowest BCUT2D eigenvalue weighted by molar-refractivity contribution is -0.129. The molecule has 0 rings (SSSR count). The van der Waals surface area contributed by atoms with Crippen LogP contribution in [0.25, 0.3) is 0 Å². The summed E-state index contributed by atoms with van der Waals surface area (Å²) in [6.45, 7) is 10.8. The fraction of sp³-hybridized carbons (Fsp3) is 0.917. The highest BCUT2D eigenvalue weighted by atomic mass is 32.2. The molecule has 0 aromatic carbocycles. The van der Waals surface area contributed by atoms with E-state index in [0.29, 0.717) is 19.6 Å². The van der Waals surface area contributed by atoms with Gasteiger partial charge in [-0.15, -0.1) is 0 Å². The fourth-order valence-corrected chi connectivity index (χ4v) is 2.42. The molecule has 0 heterocycles. The molecule has 0 aromatic heterocycles. The lowest BCUT2D eigenvalue weighted by atomic mass is 10.3. The van der Waals surface area contributed by atoms with Gasteiger partial charge in [-0.2, -0.15) is 0 Å². The highest BCUT2D eigenvalue weighted by molar-refractivity contribution is 7.92. The molecule has 0 unspecified atom stereocenters. The minimum Gasteiger partial charge on any atom is -0.342 e. The molecule has 0 spiro atoms. The molecule has 0 radical (unpaired) electrons. The summed E-state index contributed by atoms with van der Waals surface area (Å²) in [6.07, 6.45) is 0. The standard InChI is InChI=1S/C12H26N2O3S/c1-6-14(7-2)11(15)10-13-8-9-18(16,17)12(3,4)5/h13H,6-10H2,1-5H3. The smallest absolute Gasteiger partial charge is 0.236 e. The molecule has 0 saturated carbocycles. The van der Waals surface area contributed by atoms with Crippen LogP contribution in [0.5, 0.6) is 0 Å². The zero-order valence-corrected chi connectivity index (χ0v) is 12.9. The van der Waals surface area contributed by atoms with Crippen molar-refractivity contribution in [3.8, 4) is 0 Å². The predicted molar refractivity (Wildman–Crippen MR) is 74.3 cm³/mol. The number of rotatable bonds is 7. The molecule has 6 heteroatoms. The summed E-state index contributed by atoms with van der Waals surface area (Å²) in [5.74, 6) is 0.0651. The molecular weight excluding hydrogens is 252 g/mol. The summed E-state index contributed by atoms with van der Waals surface area (Å²) in [7, 11) is -3.11. The number of amides is 1. The molecule has 18 heavy (non-hydrogen) atoms. The topological polar surface area (TPSA) is 66.5 Å². The molecule has 0 aliphatic rings. The van der Waals surface area contributed by atoms with Crippen LogP contribution in [0.2, 0.25) is 0 Å². The second-order valence-electron chi connectivity index (χ2n) is 5.17. The Morgan fingerprint density at radius 1 is 1.17 bits per heavy atom. The van der Waals surface area contributed by atoms with Gasteiger partial charge in [0, 0.05) is 19.6 Å². The summed E-state index contributed by atoms with van der Waals surface area (Å²) in [4.78, 5) is 13.4. The number of hydrogen-bond acceptors (Lipinski definition) is 4. The highest BCUT2D eigenvalue weighted by Gasteiger charge is 2.28. The second-order valence-corrected chi connectivity index (χ2v) is 8.04.